The Morgan fingerprint density at radius 3 is 2.53 bits per heavy atom. The van der Waals surface area contributed by atoms with Gasteiger partial charge in [-0.1, -0.05) is 25.1 Å². The summed E-state index contributed by atoms with van der Waals surface area (Å²) in [6, 6.07) is 13.3. The second-order valence-corrected chi connectivity index (χ2v) is 9.39. The zero-order chi connectivity index (χ0) is 25.1. The van der Waals surface area contributed by atoms with Gasteiger partial charge in [0.15, 0.2) is 11.5 Å². The van der Waals surface area contributed by atoms with Crippen molar-refractivity contribution >= 4 is 29.1 Å². The summed E-state index contributed by atoms with van der Waals surface area (Å²) < 4.78 is 11.2. The number of aryl methyl sites for hydroxylation is 1. The lowest BCUT2D eigenvalue weighted by Crippen LogP contribution is -2.52. The van der Waals surface area contributed by atoms with E-state index in [0.29, 0.717) is 64.0 Å². The van der Waals surface area contributed by atoms with E-state index >= 15 is 0 Å². The van der Waals surface area contributed by atoms with Gasteiger partial charge in [-0.05, 0) is 30.2 Å². The Bertz CT molecular complexity index is 1140. The quantitative estimate of drug-likeness (QED) is 0.665. The summed E-state index contributed by atoms with van der Waals surface area (Å²) in [5, 5.41) is 3.01. The minimum atomic E-state index is -0.369. The fraction of sp³-hybridized carbons (Fsp3) is 0.444. The summed E-state index contributed by atoms with van der Waals surface area (Å²) in [4.78, 5) is 44.1. The number of amides is 3. The highest BCUT2D eigenvalue weighted by molar-refractivity contribution is 6.00. The van der Waals surface area contributed by atoms with Crippen LogP contribution in [0.4, 0.5) is 11.4 Å². The first kappa shape index (κ1) is 24.1. The lowest BCUT2D eigenvalue weighted by atomic mass is 10.1. The SMILES string of the molecule is CCc1ccccc1NC(=O)CN1CCN(C(=O)C2CC(=O)N(c3ccc4c(c3)OCCO4)C2)CC1. The summed E-state index contributed by atoms with van der Waals surface area (Å²) in [7, 11) is 0. The van der Waals surface area contributed by atoms with Crippen LogP contribution >= 0.6 is 0 Å². The summed E-state index contributed by atoms with van der Waals surface area (Å²) in [6.07, 6.45) is 1.06. The van der Waals surface area contributed by atoms with Crippen LogP contribution in [0, 0.1) is 5.92 Å². The van der Waals surface area contributed by atoms with Crippen LogP contribution in [0.1, 0.15) is 18.9 Å². The normalized spacial score (nSPS) is 19.9. The van der Waals surface area contributed by atoms with E-state index in [-0.39, 0.29) is 30.1 Å². The number of rotatable bonds is 6. The topological polar surface area (TPSA) is 91.4 Å². The van der Waals surface area contributed by atoms with Gasteiger partial charge in [0, 0.05) is 56.6 Å². The van der Waals surface area contributed by atoms with Crippen LogP contribution in [0.15, 0.2) is 42.5 Å². The standard InChI is InChI=1S/C27H32N4O5/c1-2-19-5-3-4-6-22(19)28-25(32)18-29-9-11-30(12-10-29)27(34)20-15-26(33)31(17-20)21-7-8-23-24(16-21)36-14-13-35-23/h3-8,16,20H,2,9-15,17-18H2,1H3,(H,28,32). The number of nitrogens with zero attached hydrogens (tertiary/aromatic N) is 3. The van der Waals surface area contributed by atoms with Gasteiger partial charge in [0.2, 0.25) is 17.7 Å². The molecule has 1 atom stereocenters. The summed E-state index contributed by atoms with van der Waals surface area (Å²) in [5.74, 6) is 0.820. The molecule has 5 rings (SSSR count). The van der Waals surface area contributed by atoms with E-state index in [1.807, 2.05) is 47.4 Å². The van der Waals surface area contributed by atoms with Crippen molar-refractivity contribution < 1.29 is 23.9 Å². The Labute approximate surface area is 210 Å². The van der Waals surface area contributed by atoms with E-state index in [9.17, 15) is 14.4 Å². The van der Waals surface area contributed by atoms with Crippen molar-refractivity contribution in [2.24, 2.45) is 5.92 Å². The van der Waals surface area contributed by atoms with Gasteiger partial charge in [0.05, 0.1) is 12.5 Å². The van der Waals surface area contributed by atoms with E-state index in [0.717, 1.165) is 23.4 Å². The molecule has 1 unspecified atom stereocenters. The first-order valence-corrected chi connectivity index (χ1v) is 12.6. The number of ether oxygens (including phenoxy) is 2. The fourth-order valence-electron chi connectivity index (χ4n) is 5.05. The molecule has 2 aromatic carbocycles. The lowest BCUT2D eigenvalue weighted by Gasteiger charge is -2.35. The predicted molar refractivity (Wildman–Crippen MR) is 135 cm³/mol. The zero-order valence-corrected chi connectivity index (χ0v) is 20.6. The van der Waals surface area contributed by atoms with Crippen LogP contribution in [-0.2, 0) is 20.8 Å². The number of para-hydroxylation sites is 1. The van der Waals surface area contributed by atoms with E-state index < -0.39 is 0 Å². The van der Waals surface area contributed by atoms with Crippen molar-refractivity contribution in [1.82, 2.24) is 9.80 Å². The third-order valence-electron chi connectivity index (χ3n) is 7.04. The van der Waals surface area contributed by atoms with Gasteiger partial charge in [0.1, 0.15) is 13.2 Å². The van der Waals surface area contributed by atoms with Crippen LogP contribution in [-0.4, -0.2) is 80.0 Å². The summed E-state index contributed by atoms with van der Waals surface area (Å²) in [5.41, 5.74) is 2.69. The molecule has 0 aromatic heterocycles. The molecule has 0 radical (unpaired) electrons. The molecule has 3 amide bonds. The zero-order valence-electron chi connectivity index (χ0n) is 20.6. The molecule has 9 heteroatoms. The number of hydrogen-bond acceptors (Lipinski definition) is 6. The summed E-state index contributed by atoms with van der Waals surface area (Å²) in [6.45, 7) is 6.05. The monoisotopic (exact) mass is 492 g/mol. The molecule has 9 nitrogen and oxygen atoms in total. The largest absolute Gasteiger partial charge is 0.486 e. The van der Waals surface area contributed by atoms with Crippen molar-refractivity contribution in [1.29, 1.82) is 0 Å². The average Bonchev–Trinajstić information content (AvgIpc) is 3.30. The highest BCUT2D eigenvalue weighted by Crippen LogP contribution is 2.36. The fourth-order valence-corrected chi connectivity index (χ4v) is 5.05. The molecule has 3 heterocycles. The minimum Gasteiger partial charge on any atom is -0.486 e. The number of benzene rings is 2. The van der Waals surface area contributed by atoms with Crippen molar-refractivity contribution in [3.05, 3.63) is 48.0 Å². The maximum Gasteiger partial charge on any atom is 0.238 e. The molecule has 1 N–H and O–H groups in total. The van der Waals surface area contributed by atoms with Crippen LogP contribution < -0.4 is 19.7 Å². The van der Waals surface area contributed by atoms with Crippen LogP contribution in [0.2, 0.25) is 0 Å². The number of piperazine rings is 1. The van der Waals surface area contributed by atoms with Crippen molar-refractivity contribution in [3.8, 4) is 11.5 Å². The number of fused-ring (bicyclic) bond motifs is 1. The van der Waals surface area contributed by atoms with Crippen molar-refractivity contribution in [2.75, 3.05) is 62.7 Å². The number of carbonyl (C=O) groups excluding carboxylic acids is 3. The minimum absolute atomic E-state index is 0.00404. The maximum atomic E-state index is 13.2. The third kappa shape index (κ3) is 5.16. The predicted octanol–water partition coefficient (Wildman–Crippen LogP) is 2.16. The second kappa shape index (κ2) is 10.6. The van der Waals surface area contributed by atoms with Crippen molar-refractivity contribution in [2.45, 2.75) is 19.8 Å². The molecule has 2 saturated heterocycles. The molecular formula is C27H32N4O5. The molecule has 3 aliphatic heterocycles. The van der Waals surface area contributed by atoms with Gasteiger partial charge >= 0.3 is 0 Å². The highest BCUT2D eigenvalue weighted by Gasteiger charge is 2.38. The maximum absolute atomic E-state index is 13.2. The Hall–Kier alpha value is -3.59. The smallest absolute Gasteiger partial charge is 0.238 e. The molecular weight excluding hydrogens is 460 g/mol. The first-order valence-electron chi connectivity index (χ1n) is 12.6. The van der Waals surface area contributed by atoms with Crippen molar-refractivity contribution in [3.63, 3.8) is 0 Å². The molecule has 36 heavy (non-hydrogen) atoms. The Balaban J connectivity index is 1.12. The average molecular weight is 493 g/mol. The Morgan fingerprint density at radius 1 is 1.00 bits per heavy atom. The molecule has 2 fully saturated rings. The van der Waals surface area contributed by atoms with E-state index in [2.05, 4.69) is 17.1 Å². The molecule has 0 spiro atoms. The number of hydrogen-bond donors (Lipinski definition) is 1. The number of carbonyl (C=O) groups is 3. The van der Waals surface area contributed by atoms with Crippen LogP contribution in [0.5, 0.6) is 11.5 Å². The van der Waals surface area contributed by atoms with Gasteiger partial charge in [-0.3, -0.25) is 19.3 Å². The van der Waals surface area contributed by atoms with Gasteiger partial charge in [-0.25, -0.2) is 0 Å². The molecule has 190 valence electrons. The molecule has 0 saturated carbocycles. The third-order valence-corrected chi connectivity index (χ3v) is 7.04. The lowest BCUT2D eigenvalue weighted by molar-refractivity contribution is -0.137. The highest BCUT2D eigenvalue weighted by atomic mass is 16.6. The Morgan fingerprint density at radius 2 is 1.75 bits per heavy atom. The molecule has 2 aromatic rings. The van der Waals surface area contributed by atoms with E-state index in [4.69, 9.17) is 9.47 Å². The summed E-state index contributed by atoms with van der Waals surface area (Å²) >= 11 is 0. The Kier molecular flexibility index (Phi) is 7.09. The second-order valence-electron chi connectivity index (χ2n) is 9.39. The number of anilines is 2. The van der Waals surface area contributed by atoms with Crippen LogP contribution in [0.25, 0.3) is 0 Å². The van der Waals surface area contributed by atoms with Gasteiger partial charge in [0.25, 0.3) is 0 Å². The van der Waals surface area contributed by atoms with E-state index in [1.54, 1.807) is 4.90 Å². The van der Waals surface area contributed by atoms with Crippen LogP contribution in [0.3, 0.4) is 0 Å². The first-order chi connectivity index (χ1) is 17.5. The number of nitrogens with one attached hydrogen (secondary N) is 1. The van der Waals surface area contributed by atoms with Gasteiger partial charge < -0.3 is 24.6 Å². The molecule has 0 aliphatic carbocycles. The molecule has 3 aliphatic rings. The van der Waals surface area contributed by atoms with E-state index in [1.165, 1.54) is 0 Å². The molecule has 0 bridgehead atoms. The van der Waals surface area contributed by atoms with Gasteiger partial charge in [-0.2, -0.15) is 0 Å². The van der Waals surface area contributed by atoms with Gasteiger partial charge in [-0.15, -0.1) is 0 Å².